The van der Waals surface area contributed by atoms with Crippen molar-refractivity contribution in [3.8, 4) is 0 Å². The minimum atomic E-state index is -5.02. The van der Waals surface area contributed by atoms with E-state index in [-0.39, 0.29) is 0 Å². The lowest BCUT2D eigenvalue weighted by Gasteiger charge is -2.46. The summed E-state index contributed by atoms with van der Waals surface area (Å²) in [7, 11) is -10.0. The van der Waals surface area contributed by atoms with E-state index in [2.05, 4.69) is 13.7 Å². The highest BCUT2D eigenvalue weighted by Crippen LogP contribution is 2.29. The summed E-state index contributed by atoms with van der Waals surface area (Å²) in [5.41, 5.74) is 0. The number of aliphatic hydroxyl groups excluding tert-OH is 5. The van der Waals surface area contributed by atoms with Crippen molar-refractivity contribution in [1.82, 2.24) is 5.32 Å². The molecule has 0 saturated carbocycles. The molecule has 2 rings (SSSR count). The maximum atomic E-state index is 11.6. The molecule has 0 aromatic rings. The monoisotopic (exact) mass is 543 g/mol. The Balaban J connectivity index is 2.31. The molecule has 0 aromatic carbocycles. The normalized spacial score (nSPS) is 39.5. The zero-order valence-corrected chi connectivity index (χ0v) is 18.9. The van der Waals surface area contributed by atoms with Gasteiger partial charge in [-0.05, 0) is 0 Å². The molecule has 2 saturated heterocycles. The maximum absolute atomic E-state index is 11.6. The van der Waals surface area contributed by atoms with Gasteiger partial charge in [0.25, 0.3) is 0 Å². The predicted molar refractivity (Wildman–Crippen MR) is 101 cm³/mol. The predicted octanol–water partition coefficient (Wildman–Crippen LogP) is -5.60. The molecule has 8 N–H and O–H groups in total. The molecule has 34 heavy (non-hydrogen) atoms. The summed E-state index contributed by atoms with van der Waals surface area (Å²) in [6, 6.07) is -1.59. The first-order chi connectivity index (χ1) is 15.5. The van der Waals surface area contributed by atoms with E-state index >= 15 is 0 Å². The van der Waals surface area contributed by atoms with Crippen molar-refractivity contribution >= 4 is 26.7 Å². The topological polar surface area (TPSA) is 285 Å². The van der Waals surface area contributed by atoms with Crippen LogP contribution in [0.1, 0.15) is 6.92 Å². The Morgan fingerprint density at radius 2 is 1.35 bits per heavy atom. The molecule has 0 aromatic heterocycles. The Morgan fingerprint density at radius 3 is 1.85 bits per heavy atom. The van der Waals surface area contributed by atoms with Gasteiger partial charge in [0.05, 0.1) is 13.2 Å². The standard InChI is InChI=1S/C14H25NO17S2/c1-4(16)15-7-9(18)8(17)5(2-28-33(22,23)24)31-14(7)32-12-6(3-29-34(25,26)27)30-13(21)11(20)10(12)19/h5-14,17-21H,2-3H2,1H3,(H,15,16)(H,22,23,24)(H,25,26,27)/t5-,6-,7-,8-,9-,10-,11-,12-,13-,14-/m1/s1. The van der Waals surface area contributed by atoms with E-state index < -0.39 is 101 Å². The van der Waals surface area contributed by atoms with Crippen LogP contribution in [0.3, 0.4) is 0 Å². The van der Waals surface area contributed by atoms with Gasteiger partial charge in [0, 0.05) is 6.92 Å². The van der Waals surface area contributed by atoms with Gasteiger partial charge in [-0.2, -0.15) is 16.8 Å². The number of carbonyl (C=O) groups excluding carboxylic acids is 1. The van der Waals surface area contributed by atoms with E-state index in [0.717, 1.165) is 6.92 Å². The average molecular weight is 543 g/mol. The lowest BCUT2D eigenvalue weighted by atomic mass is 9.95. The van der Waals surface area contributed by atoms with Crippen molar-refractivity contribution < 1.29 is 78.8 Å². The zero-order valence-electron chi connectivity index (χ0n) is 17.2. The lowest BCUT2D eigenvalue weighted by Crippen LogP contribution is -2.67. The van der Waals surface area contributed by atoms with Crippen molar-refractivity contribution in [2.75, 3.05) is 13.2 Å². The highest BCUT2D eigenvalue weighted by molar-refractivity contribution is 7.81. The quantitative estimate of drug-likeness (QED) is 0.126. The summed E-state index contributed by atoms with van der Waals surface area (Å²) in [5, 5.41) is 52.7. The third kappa shape index (κ3) is 7.96. The van der Waals surface area contributed by atoms with Gasteiger partial charge in [-0.15, -0.1) is 0 Å². The van der Waals surface area contributed by atoms with Crippen LogP contribution in [0.2, 0.25) is 0 Å². The summed E-state index contributed by atoms with van der Waals surface area (Å²) >= 11 is 0. The van der Waals surface area contributed by atoms with Crippen LogP contribution < -0.4 is 5.32 Å². The van der Waals surface area contributed by atoms with Crippen LogP contribution in [-0.4, -0.2) is 132 Å². The van der Waals surface area contributed by atoms with Crippen LogP contribution in [0.4, 0.5) is 0 Å². The molecular weight excluding hydrogens is 518 g/mol. The molecule has 2 heterocycles. The molecule has 2 aliphatic heterocycles. The van der Waals surface area contributed by atoms with Gasteiger partial charge in [-0.25, -0.2) is 8.37 Å². The molecule has 2 fully saturated rings. The second kappa shape index (κ2) is 11.3. The number of rotatable bonds is 9. The average Bonchev–Trinajstić information content (AvgIpc) is 2.69. The summed E-state index contributed by atoms with van der Waals surface area (Å²) in [6.07, 6.45) is -16.9. The highest BCUT2D eigenvalue weighted by Gasteiger charge is 2.51. The number of hydrogen-bond donors (Lipinski definition) is 8. The third-order valence-electron chi connectivity index (χ3n) is 4.78. The van der Waals surface area contributed by atoms with Crippen molar-refractivity contribution in [1.29, 1.82) is 0 Å². The van der Waals surface area contributed by atoms with E-state index in [1.54, 1.807) is 0 Å². The van der Waals surface area contributed by atoms with Crippen LogP contribution in [0, 0.1) is 0 Å². The van der Waals surface area contributed by atoms with E-state index in [1.165, 1.54) is 0 Å². The number of carbonyl (C=O) groups is 1. The Bertz CT molecular complexity index is 911. The molecule has 10 atom stereocenters. The maximum Gasteiger partial charge on any atom is 0.397 e. The number of hydrogen-bond acceptors (Lipinski definition) is 15. The van der Waals surface area contributed by atoms with Crippen molar-refractivity contribution in [3.63, 3.8) is 0 Å². The lowest BCUT2D eigenvalue weighted by molar-refractivity contribution is -0.340. The smallest absolute Gasteiger partial charge is 0.388 e. The SMILES string of the molecule is CC(=O)N[C@H]1[C@@H](O[C@H]2[C@H](O)[C@@H](O)[C@H](O)O[C@@H]2COS(=O)(=O)O)O[C@H](COS(=O)(=O)O)[C@@H](O)[C@@H]1O. The Morgan fingerprint density at radius 1 is 0.824 bits per heavy atom. The second-order valence-corrected chi connectivity index (χ2v) is 9.50. The minimum Gasteiger partial charge on any atom is -0.388 e. The number of ether oxygens (including phenoxy) is 3. The summed E-state index contributed by atoms with van der Waals surface area (Å²) in [5.74, 6) is -0.761. The molecule has 0 aliphatic carbocycles. The summed E-state index contributed by atoms with van der Waals surface area (Å²) < 4.78 is 84.9. The van der Waals surface area contributed by atoms with Crippen LogP contribution in [0.15, 0.2) is 0 Å². The number of aliphatic hydroxyl groups is 5. The van der Waals surface area contributed by atoms with Gasteiger partial charge in [-0.1, -0.05) is 0 Å². The molecule has 2 aliphatic rings. The number of nitrogens with one attached hydrogen (secondary N) is 1. The fraction of sp³-hybridized carbons (Fsp3) is 0.929. The van der Waals surface area contributed by atoms with Gasteiger partial charge in [0.2, 0.25) is 5.91 Å². The van der Waals surface area contributed by atoms with E-state index in [9.17, 15) is 47.2 Å². The van der Waals surface area contributed by atoms with Crippen LogP contribution >= 0.6 is 0 Å². The van der Waals surface area contributed by atoms with E-state index in [1.807, 2.05) is 0 Å². The molecule has 1 amide bonds. The first-order valence-electron chi connectivity index (χ1n) is 9.37. The Kier molecular flexibility index (Phi) is 9.68. The third-order valence-corrected chi connectivity index (χ3v) is 5.65. The van der Waals surface area contributed by atoms with Crippen molar-refractivity contribution in [2.24, 2.45) is 0 Å². The van der Waals surface area contributed by atoms with Gasteiger partial charge in [0.15, 0.2) is 12.6 Å². The molecule has 200 valence electrons. The first kappa shape index (κ1) is 29.1. The Hall–Kier alpha value is -1.11. The molecule has 0 unspecified atom stereocenters. The largest absolute Gasteiger partial charge is 0.397 e. The molecule has 0 spiro atoms. The molecule has 20 heteroatoms. The molecular formula is C14H25NO17S2. The fourth-order valence-corrected chi connectivity index (χ4v) is 3.87. The molecule has 0 radical (unpaired) electrons. The first-order valence-corrected chi connectivity index (χ1v) is 12.1. The van der Waals surface area contributed by atoms with Gasteiger partial charge < -0.3 is 45.1 Å². The highest BCUT2D eigenvalue weighted by atomic mass is 32.3. The molecule has 18 nitrogen and oxygen atoms in total. The van der Waals surface area contributed by atoms with E-state index in [0.29, 0.717) is 0 Å². The van der Waals surface area contributed by atoms with Gasteiger partial charge in [0.1, 0.15) is 48.8 Å². The minimum absolute atomic E-state index is 0.761. The van der Waals surface area contributed by atoms with Crippen molar-refractivity contribution in [2.45, 2.75) is 68.3 Å². The fourth-order valence-electron chi connectivity index (χ4n) is 3.26. The number of amides is 1. The summed E-state index contributed by atoms with van der Waals surface area (Å²) in [6.45, 7) is -1.07. The van der Waals surface area contributed by atoms with Crippen molar-refractivity contribution in [3.05, 3.63) is 0 Å². The van der Waals surface area contributed by atoms with Crippen LogP contribution in [0.5, 0.6) is 0 Å². The molecule has 0 bridgehead atoms. The van der Waals surface area contributed by atoms with Crippen LogP contribution in [-0.2, 0) is 48.2 Å². The second-order valence-electron chi connectivity index (χ2n) is 7.32. The Labute approximate surface area is 192 Å². The van der Waals surface area contributed by atoms with E-state index in [4.69, 9.17) is 23.3 Å². The van der Waals surface area contributed by atoms with Gasteiger partial charge in [-0.3, -0.25) is 13.9 Å². The van der Waals surface area contributed by atoms with Crippen LogP contribution in [0.25, 0.3) is 0 Å². The van der Waals surface area contributed by atoms with Gasteiger partial charge >= 0.3 is 20.8 Å². The summed E-state index contributed by atoms with van der Waals surface area (Å²) in [4.78, 5) is 11.6. The zero-order chi connectivity index (χ0) is 26.0.